The number of nitrogens with one attached hydrogen (secondary N) is 1. The lowest BCUT2D eigenvalue weighted by Crippen LogP contribution is -2.31. The van der Waals surface area contributed by atoms with E-state index in [0.29, 0.717) is 23.7 Å². The molecule has 3 rings (SSSR count). The molecule has 0 atom stereocenters. The van der Waals surface area contributed by atoms with E-state index < -0.39 is 5.91 Å². The molecule has 7 heteroatoms. The van der Waals surface area contributed by atoms with E-state index in [9.17, 15) is 9.59 Å². The summed E-state index contributed by atoms with van der Waals surface area (Å²) in [6.07, 6.45) is 3.12. The second-order valence-electron chi connectivity index (χ2n) is 7.08. The van der Waals surface area contributed by atoms with E-state index in [0.717, 1.165) is 5.56 Å². The number of para-hydroxylation sites is 1. The smallest absolute Gasteiger partial charge is 0.276 e. The first-order valence-electron chi connectivity index (χ1n) is 9.89. The van der Waals surface area contributed by atoms with Gasteiger partial charge in [0.1, 0.15) is 12.2 Å². The fraction of sp³-hybridized carbons (Fsp3) is 0.208. The summed E-state index contributed by atoms with van der Waals surface area (Å²) in [7, 11) is 1.56. The summed E-state index contributed by atoms with van der Waals surface area (Å²) in [5.74, 6) is 0.480. The number of aromatic nitrogens is 1. The second kappa shape index (κ2) is 10.2. The maximum Gasteiger partial charge on any atom is 0.276 e. The first-order valence-corrected chi connectivity index (χ1v) is 9.89. The SMILES string of the molecule is COc1cccc(/C=N\NC(=O)c2cccn(C(C)C)c2=O)c1OCc1ccccc1. The number of amides is 1. The summed E-state index contributed by atoms with van der Waals surface area (Å²) in [5, 5.41) is 4.02. The van der Waals surface area contributed by atoms with Crippen molar-refractivity contribution in [2.24, 2.45) is 5.10 Å². The van der Waals surface area contributed by atoms with Crippen molar-refractivity contribution in [2.75, 3.05) is 7.11 Å². The number of methoxy groups -OCH3 is 1. The molecule has 0 aliphatic carbocycles. The van der Waals surface area contributed by atoms with Crippen molar-refractivity contribution < 1.29 is 14.3 Å². The number of ether oxygens (including phenoxy) is 2. The molecule has 0 aliphatic heterocycles. The van der Waals surface area contributed by atoms with Gasteiger partial charge in [0, 0.05) is 17.8 Å². The molecule has 160 valence electrons. The third-order valence-corrected chi connectivity index (χ3v) is 4.60. The number of hydrazone groups is 1. The molecule has 1 amide bonds. The number of hydrogen-bond acceptors (Lipinski definition) is 5. The maximum atomic E-state index is 12.5. The Bertz CT molecular complexity index is 1120. The molecule has 0 fully saturated rings. The third kappa shape index (κ3) is 5.39. The van der Waals surface area contributed by atoms with Crippen LogP contribution in [0.25, 0.3) is 0 Å². The van der Waals surface area contributed by atoms with Crippen LogP contribution in [0.15, 0.2) is 76.8 Å². The van der Waals surface area contributed by atoms with Crippen molar-refractivity contribution in [3.8, 4) is 11.5 Å². The lowest BCUT2D eigenvalue weighted by molar-refractivity contribution is 0.0953. The monoisotopic (exact) mass is 419 g/mol. The molecular formula is C24H25N3O4. The minimum absolute atomic E-state index is 0.0274. The number of hydrogen-bond donors (Lipinski definition) is 1. The van der Waals surface area contributed by atoms with Gasteiger partial charge in [-0.1, -0.05) is 36.4 Å². The molecule has 0 unspecified atom stereocenters. The van der Waals surface area contributed by atoms with Gasteiger partial charge >= 0.3 is 0 Å². The minimum atomic E-state index is -0.578. The first kappa shape index (κ1) is 21.8. The van der Waals surface area contributed by atoms with Crippen LogP contribution in [0.5, 0.6) is 11.5 Å². The molecule has 2 aromatic carbocycles. The zero-order chi connectivity index (χ0) is 22.2. The number of nitrogens with zero attached hydrogens (tertiary/aromatic N) is 2. The van der Waals surface area contributed by atoms with Crippen LogP contribution >= 0.6 is 0 Å². The fourth-order valence-electron chi connectivity index (χ4n) is 2.99. The third-order valence-electron chi connectivity index (χ3n) is 4.60. The molecule has 1 heterocycles. The zero-order valence-electron chi connectivity index (χ0n) is 17.7. The molecule has 0 aliphatic rings. The molecule has 0 saturated carbocycles. The van der Waals surface area contributed by atoms with Gasteiger partial charge in [-0.15, -0.1) is 0 Å². The fourth-order valence-corrected chi connectivity index (χ4v) is 2.99. The lowest BCUT2D eigenvalue weighted by atomic mass is 10.2. The van der Waals surface area contributed by atoms with Crippen molar-refractivity contribution in [1.29, 1.82) is 0 Å². The van der Waals surface area contributed by atoms with Gasteiger partial charge in [0.15, 0.2) is 11.5 Å². The van der Waals surface area contributed by atoms with Crippen molar-refractivity contribution in [3.05, 3.63) is 93.9 Å². The Kier molecular flexibility index (Phi) is 7.22. The van der Waals surface area contributed by atoms with Crippen LogP contribution in [0, 0.1) is 0 Å². The average molecular weight is 419 g/mol. The maximum absolute atomic E-state index is 12.5. The lowest BCUT2D eigenvalue weighted by Gasteiger charge is -2.13. The highest BCUT2D eigenvalue weighted by Gasteiger charge is 2.13. The van der Waals surface area contributed by atoms with Crippen molar-refractivity contribution in [1.82, 2.24) is 9.99 Å². The van der Waals surface area contributed by atoms with Gasteiger partial charge < -0.3 is 14.0 Å². The van der Waals surface area contributed by atoms with Gasteiger partial charge in [-0.05, 0) is 43.7 Å². The van der Waals surface area contributed by atoms with Gasteiger partial charge in [0.2, 0.25) is 0 Å². The van der Waals surface area contributed by atoms with E-state index >= 15 is 0 Å². The number of benzene rings is 2. The summed E-state index contributed by atoms with van der Waals surface area (Å²) in [6, 6.07) is 18.2. The summed E-state index contributed by atoms with van der Waals surface area (Å²) < 4.78 is 12.9. The Balaban J connectivity index is 1.77. The zero-order valence-corrected chi connectivity index (χ0v) is 17.7. The summed E-state index contributed by atoms with van der Waals surface area (Å²) in [6.45, 7) is 4.11. The van der Waals surface area contributed by atoms with E-state index in [2.05, 4.69) is 10.5 Å². The normalized spacial score (nSPS) is 11.0. The van der Waals surface area contributed by atoms with Crippen LogP contribution in [0.2, 0.25) is 0 Å². The van der Waals surface area contributed by atoms with Crippen molar-refractivity contribution >= 4 is 12.1 Å². The highest BCUT2D eigenvalue weighted by atomic mass is 16.5. The second-order valence-corrected chi connectivity index (χ2v) is 7.08. The highest BCUT2D eigenvalue weighted by Crippen LogP contribution is 2.30. The van der Waals surface area contributed by atoms with Gasteiger partial charge in [-0.2, -0.15) is 5.10 Å². The molecule has 31 heavy (non-hydrogen) atoms. The van der Waals surface area contributed by atoms with Crippen molar-refractivity contribution in [3.63, 3.8) is 0 Å². The number of rotatable bonds is 8. The molecule has 0 radical (unpaired) electrons. The van der Waals surface area contributed by atoms with E-state index in [1.807, 2.05) is 44.2 Å². The predicted octanol–water partition coefficient (Wildman–Crippen LogP) is 3.78. The van der Waals surface area contributed by atoms with Crippen LogP contribution in [-0.4, -0.2) is 23.8 Å². The number of carbonyl (C=O) groups is 1. The summed E-state index contributed by atoms with van der Waals surface area (Å²) >= 11 is 0. The van der Waals surface area contributed by atoms with Crippen LogP contribution in [0.1, 0.15) is 41.4 Å². The van der Waals surface area contributed by atoms with E-state index in [1.54, 1.807) is 37.6 Å². The Morgan fingerprint density at radius 3 is 2.58 bits per heavy atom. The largest absolute Gasteiger partial charge is 0.493 e. The van der Waals surface area contributed by atoms with E-state index in [-0.39, 0.29) is 17.2 Å². The standard InChI is InChI=1S/C24H25N3O4/c1-17(2)27-14-8-12-20(24(27)29)23(28)26-25-15-19-11-7-13-21(30-3)22(19)31-16-18-9-5-4-6-10-18/h4-15,17H,16H2,1-3H3,(H,26,28)/b25-15-. The Morgan fingerprint density at radius 2 is 1.87 bits per heavy atom. The quantitative estimate of drug-likeness (QED) is 0.445. The number of pyridine rings is 1. The van der Waals surface area contributed by atoms with Gasteiger partial charge in [0.05, 0.1) is 13.3 Å². The van der Waals surface area contributed by atoms with Gasteiger partial charge in [0.25, 0.3) is 11.5 Å². The minimum Gasteiger partial charge on any atom is -0.493 e. The Labute approximate surface area is 180 Å². The summed E-state index contributed by atoms with van der Waals surface area (Å²) in [4.78, 5) is 24.9. The first-order chi connectivity index (χ1) is 15.0. The molecule has 0 bridgehead atoms. The highest BCUT2D eigenvalue weighted by molar-refractivity contribution is 5.94. The number of carbonyl (C=O) groups excluding carboxylic acids is 1. The van der Waals surface area contributed by atoms with Gasteiger partial charge in [-0.3, -0.25) is 9.59 Å². The Hall–Kier alpha value is -3.87. The molecule has 0 spiro atoms. The topological polar surface area (TPSA) is 81.9 Å². The molecule has 7 nitrogen and oxygen atoms in total. The molecular weight excluding hydrogens is 394 g/mol. The predicted molar refractivity (Wildman–Crippen MR) is 120 cm³/mol. The molecule has 0 saturated heterocycles. The van der Waals surface area contributed by atoms with Crippen LogP contribution < -0.4 is 20.5 Å². The van der Waals surface area contributed by atoms with E-state index in [4.69, 9.17) is 9.47 Å². The van der Waals surface area contributed by atoms with E-state index in [1.165, 1.54) is 16.8 Å². The van der Waals surface area contributed by atoms with Crippen LogP contribution in [0.3, 0.4) is 0 Å². The molecule has 1 N–H and O–H groups in total. The summed E-state index contributed by atoms with van der Waals surface area (Å²) in [5.41, 5.74) is 3.72. The van der Waals surface area contributed by atoms with Crippen molar-refractivity contribution in [2.45, 2.75) is 26.5 Å². The Morgan fingerprint density at radius 1 is 1.10 bits per heavy atom. The molecule has 3 aromatic rings. The molecule has 1 aromatic heterocycles. The average Bonchev–Trinajstić information content (AvgIpc) is 2.78. The van der Waals surface area contributed by atoms with Crippen LogP contribution in [0.4, 0.5) is 0 Å². The van der Waals surface area contributed by atoms with Crippen LogP contribution in [-0.2, 0) is 6.61 Å². The van der Waals surface area contributed by atoms with Gasteiger partial charge in [-0.25, -0.2) is 5.43 Å².